The van der Waals surface area contributed by atoms with E-state index in [1.807, 2.05) is 38.1 Å². The number of rotatable bonds is 10. The Morgan fingerprint density at radius 1 is 1.06 bits per heavy atom. The van der Waals surface area contributed by atoms with E-state index in [0.29, 0.717) is 37.9 Å². The number of hydrogen-bond acceptors (Lipinski definition) is 4. The van der Waals surface area contributed by atoms with Crippen LogP contribution in [-0.2, 0) is 23.1 Å². The third kappa shape index (κ3) is 9.77. The van der Waals surface area contributed by atoms with Gasteiger partial charge in [-0.25, -0.2) is 13.4 Å². The number of para-hydroxylation sites is 1. The van der Waals surface area contributed by atoms with Crippen molar-refractivity contribution in [3.63, 3.8) is 0 Å². The third-order valence-corrected chi connectivity index (χ3v) is 4.79. The van der Waals surface area contributed by atoms with E-state index >= 15 is 0 Å². The minimum absolute atomic E-state index is 0. The van der Waals surface area contributed by atoms with E-state index < -0.39 is 10.0 Å². The Bertz CT molecular complexity index is 965. The van der Waals surface area contributed by atoms with E-state index in [-0.39, 0.29) is 24.0 Å². The molecule has 0 spiro atoms. The van der Waals surface area contributed by atoms with Crippen molar-refractivity contribution in [1.29, 1.82) is 0 Å². The van der Waals surface area contributed by atoms with Gasteiger partial charge in [0.25, 0.3) is 0 Å². The summed E-state index contributed by atoms with van der Waals surface area (Å²) in [6.07, 6.45) is 2.09. The Hall–Kier alpha value is -2.01. The molecule has 3 N–H and O–H groups in total. The number of guanidine groups is 1. The van der Waals surface area contributed by atoms with Crippen LogP contribution in [0.2, 0.25) is 0 Å². The number of halogens is 1. The van der Waals surface area contributed by atoms with Gasteiger partial charge < -0.3 is 15.4 Å². The summed E-state index contributed by atoms with van der Waals surface area (Å²) in [4.78, 5) is 4.68. The van der Waals surface area contributed by atoms with Crippen molar-refractivity contribution < 1.29 is 13.2 Å². The predicted molar refractivity (Wildman–Crippen MR) is 139 cm³/mol. The van der Waals surface area contributed by atoms with Crippen LogP contribution in [0.15, 0.2) is 47.5 Å². The van der Waals surface area contributed by atoms with Crippen LogP contribution in [0, 0.1) is 6.92 Å². The largest absolute Gasteiger partial charge is 0.493 e. The van der Waals surface area contributed by atoms with Gasteiger partial charge in [-0.05, 0) is 43.5 Å². The van der Waals surface area contributed by atoms with Crippen LogP contribution in [0.4, 0.5) is 5.69 Å². The molecule has 0 heterocycles. The van der Waals surface area contributed by atoms with Crippen molar-refractivity contribution in [2.24, 2.45) is 4.99 Å². The van der Waals surface area contributed by atoms with E-state index in [9.17, 15) is 8.42 Å². The molecule has 0 aliphatic carbocycles. The fourth-order valence-corrected chi connectivity index (χ4v) is 3.40. The van der Waals surface area contributed by atoms with Crippen LogP contribution in [0.1, 0.15) is 37.0 Å². The molecule has 7 nitrogen and oxygen atoms in total. The Morgan fingerprint density at radius 2 is 1.81 bits per heavy atom. The number of nitrogens with zero attached hydrogens (tertiary/aromatic N) is 1. The monoisotopic (exact) mass is 560 g/mol. The summed E-state index contributed by atoms with van der Waals surface area (Å²) in [7, 11) is -3.35. The van der Waals surface area contributed by atoms with Gasteiger partial charge in [0.2, 0.25) is 10.0 Å². The zero-order valence-corrected chi connectivity index (χ0v) is 21.7. The van der Waals surface area contributed by atoms with E-state index in [2.05, 4.69) is 33.3 Å². The highest BCUT2D eigenvalue weighted by molar-refractivity contribution is 14.0. The van der Waals surface area contributed by atoms with Gasteiger partial charge in [-0.15, -0.1) is 24.0 Å². The molecule has 0 unspecified atom stereocenters. The number of aryl methyl sites for hydroxylation is 1. The summed E-state index contributed by atoms with van der Waals surface area (Å²) in [5.41, 5.74) is 3.55. The number of sulfonamides is 1. The Balaban J connectivity index is 0.00000480. The first kappa shape index (κ1) is 27.0. The number of hydrogen-bond donors (Lipinski definition) is 3. The lowest BCUT2D eigenvalue weighted by atomic mass is 10.1. The molecule has 2 aromatic carbocycles. The topological polar surface area (TPSA) is 91.8 Å². The fourth-order valence-electron chi connectivity index (χ4n) is 2.80. The molecule has 2 rings (SSSR count). The zero-order chi connectivity index (χ0) is 22.0. The summed E-state index contributed by atoms with van der Waals surface area (Å²) in [6.45, 7) is 8.40. The average Bonchev–Trinajstić information content (AvgIpc) is 2.69. The molecule has 0 aromatic heterocycles. The molecule has 0 aliphatic rings. The SMILES string of the molecule is CCCOc1cc(C)ccc1CN=C(NCC)NCc1ccccc1NS(C)(=O)=O.I. The van der Waals surface area contributed by atoms with E-state index in [1.54, 1.807) is 12.1 Å². The maximum atomic E-state index is 11.6. The first-order valence-electron chi connectivity index (χ1n) is 10.1. The molecule has 0 amide bonds. The van der Waals surface area contributed by atoms with E-state index in [4.69, 9.17) is 4.74 Å². The standard InChI is InChI=1S/C22H32N4O3S.HI/c1-5-13-29-21-14-17(3)11-12-19(21)16-25-22(23-6-2)24-15-18-9-7-8-10-20(18)26-30(4,27)28;/h7-12,14,26H,5-6,13,15-16H2,1-4H3,(H2,23,24,25);1H. The normalized spacial score (nSPS) is 11.4. The smallest absolute Gasteiger partial charge is 0.229 e. The predicted octanol–water partition coefficient (Wildman–Crippen LogP) is 4.03. The van der Waals surface area contributed by atoms with E-state index in [1.165, 1.54) is 0 Å². The maximum absolute atomic E-state index is 11.6. The van der Waals surface area contributed by atoms with Crippen molar-refractivity contribution in [3.05, 3.63) is 59.2 Å². The van der Waals surface area contributed by atoms with E-state index in [0.717, 1.165) is 35.1 Å². The second-order valence-corrected chi connectivity index (χ2v) is 8.79. The quantitative estimate of drug-likeness (QED) is 0.232. The second-order valence-electron chi connectivity index (χ2n) is 7.04. The molecule has 9 heteroatoms. The summed E-state index contributed by atoms with van der Waals surface area (Å²) in [6, 6.07) is 13.4. The van der Waals surface area contributed by atoms with Crippen LogP contribution in [0.5, 0.6) is 5.75 Å². The number of nitrogens with one attached hydrogen (secondary N) is 3. The van der Waals surface area contributed by atoms with Crippen molar-refractivity contribution in [3.8, 4) is 5.75 Å². The summed E-state index contributed by atoms with van der Waals surface area (Å²) in [5, 5.41) is 6.49. The number of ether oxygens (including phenoxy) is 1. The molecule has 2 aromatic rings. The van der Waals surface area contributed by atoms with Crippen LogP contribution in [-0.4, -0.2) is 33.8 Å². The Kier molecular flexibility index (Phi) is 11.7. The average molecular weight is 561 g/mol. The molecule has 31 heavy (non-hydrogen) atoms. The minimum atomic E-state index is -3.35. The summed E-state index contributed by atoms with van der Waals surface area (Å²) < 4.78 is 31.6. The summed E-state index contributed by atoms with van der Waals surface area (Å²) >= 11 is 0. The molecule has 0 saturated carbocycles. The lowest BCUT2D eigenvalue weighted by Gasteiger charge is -2.15. The van der Waals surface area contributed by atoms with Gasteiger partial charge in [0.15, 0.2) is 5.96 Å². The van der Waals surface area contributed by atoms with Crippen molar-refractivity contribution >= 4 is 45.6 Å². The molecule has 0 aliphatic heterocycles. The molecule has 0 bridgehead atoms. The highest BCUT2D eigenvalue weighted by atomic mass is 127. The maximum Gasteiger partial charge on any atom is 0.229 e. The highest BCUT2D eigenvalue weighted by Gasteiger charge is 2.09. The molecule has 172 valence electrons. The second kappa shape index (κ2) is 13.4. The molecule has 0 fully saturated rings. The van der Waals surface area contributed by atoms with Gasteiger partial charge in [-0.3, -0.25) is 4.72 Å². The van der Waals surface area contributed by atoms with Gasteiger partial charge in [-0.2, -0.15) is 0 Å². The Morgan fingerprint density at radius 3 is 2.48 bits per heavy atom. The van der Waals surface area contributed by atoms with Crippen molar-refractivity contribution in [1.82, 2.24) is 10.6 Å². The number of benzene rings is 2. The molecular formula is C22H33IN4O3S. The highest BCUT2D eigenvalue weighted by Crippen LogP contribution is 2.21. The molecule has 0 radical (unpaired) electrons. The Labute approximate surface area is 203 Å². The first-order valence-corrected chi connectivity index (χ1v) is 12.0. The van der Waals surface area contributed by atoms with Gasteiger partial charge in [-0.1, -0.05) is 37.3 Å². The van der Waals surface area contributed by atoms with Crippen LogP contribution < -0.4 is 20.1 Å². The lowest BCUT2D eigenvalue weighted by Crippen LogP contribution is -2.37. The molecule has 0 saturated heterocycles. The summed E-state index contributed by atoms with van der Waals surface area (Å²) in [5.74, 6) is 1.51. The third-order valence-electron chi connectivity index (χ3n) is 4.20. The van der Waals surface area contributed by atoms with Gasteiger partial charge in [0.1, 0.15) is 5.75 Å². The van der Waals surface area contributed by atoms with Crippen LogP contribution in [0.3, 0.4) is 0 Å². The number of aliphatic imine (C=N–C) groups is 1. The zero-order valence-electron chi connectivity index (χ0n) is 18.6. The van der Waals surface area contributed by atoms with Gasteiger partial charge >= 0.3 is 0 Å². The van der Waals surface area contributed by atoms with Crippen LogP contribution in [0.25, 0.3) is 0 Å². The molecule has 0 atom stereocenters. The van der Waals surface area contributed by atoms with Crippen molar-refractivity contribution in [2.45, 2.75) is 40.3 Å². The van der Waals surface area contributed by atoms with Crippen LogP contribution >= 0.6 is 24.0 Å². The minimum Gasteiger partial charge on any atom is -0.493 e. The molecular weight excluding hydrogens is 527 g/mol. The van der Waals surface area contributed by atoms with Gasteiger partial charge in [0.05, 0.1) is 25.1 Å². The van der Waals surface area contributed by atoms with Crippen molar-refractivity contribution in [2.75, 3.05) is 24.1 Å². The lowest BCUT2D eigenvalue weighted by molar-refractivity contribution is 0.314. The fraction of sp³-hybridized carbons (Fsp3) is 0.409. The first-order chi connectivity index (χ1) is 14.3. The van der Waals surface area contributed by atoms with Gasteiger partial charge in [0, 0.05) is 18.7 Å². The number of anilines is 1.